The molecule has 0 aromatic rings. The lowest BCUT2D eigenvalue weighted by Gasteiger charge is -2.34. The zero-order valence-electron chi connectivity index (χ0n) is 16.1. The molecule has 23 heavy (non-hydrogen) atoms. The van der Waals surface area contributed by atoms with Gasteiger partial charge in [0.05, 0.1) is 0 Å². The van der Waals surface area contributed by atoms with E-state index in [0.29, 0.717) is 0 Å². The monoisotopic (exact) mass is 318 g/mol. The Morgan fingerprint density at radius 1 is 0.565 bits per heavy atom. The molecule has 0 aromatic heterocycles. The van der Waals surface area contributed by atoms with Crippen molar-refractivity contribution >= 4 is 0 Å². The number of hydrogen-bond acceptors (Lipinski definition) is 0. The van der Waals surface area contributed by atoms with E-state index < -0.39 is 0 Å². The summed E-state index contributed by atoms with van der Waals surface area (Å²) in [6.45, 7) is 4.74. The molecule has 4 aliphatic rings. The highest BCUT2D eigenvalue weighted by atomic mass is 14.5. The second kappa shape index (κ2) is 8.91. The van der Waals surface area contributed by atoms with Crippen LogP contribution >= 0.6 is 0 Å². The van der Waals surface area contributed by atoms with Gasteiger partial charge in [0.2, 0.25) is 0 Å². The molecule has 3 atom stereocenters. The molecule has 0 aromatic carbocycles. The predicted octanol–water partition coefficient (Wildman–Crippen LogP) is 7.62. The normalized spacial score (nSPS) is 41.2. The Kier molecular flexibility index (Phi) is 6.90. The zero-order valence-corrected chi connectivity index (χ0v) is 16.1. The van der Waals surface area contributed by atoms with E-state index in [2.05, 4.69) is 13.8 Å². The smallest absolute Gasteiger partial charge is 0.0355 e. The van der Waals surface area contributed by atoms with Crippen LogP contribution in [0.15, 0.2) is 0 Å². The highest BCUT2D eigenvalue weighted by Crippen LogP contribution is 2.53. The first kappa shape index (κ1) is 17.8. The molecule has 4 saturated carbocycles. The van der Waals surface area contributed by atoms with Gasteiger partial charge in [-0.3, -0.25) is 0 Å². The Bertz CT molecular complexity index is 319. The highest BCUT2D eigenvalue weighted by Gasteiger charge is 2.42. The van der Waals surface area contributed by atoms with Gasteiger partial charge in [-0.2, -0.15) is 0 Å². The summed E-state index contributed by atoms with van der Waals surface area (Å²) in [6, 6.07) is 0. The van der Waals surface area contributed by atoms with Crippen LogP contribution in [0.25, 0.3) is 0 Å². The summed E-state index contributed by atoms with van der Waals surface area (Å²) < 4.78 is 0. The summed E-state index contributed by atoms with van der Waals surface area (Å²) in [5, 5.41) is 0. The van der Waals surface area contributed by atoms with Gasteiger partial charge in [-0.1, -0.05) is 78.1 Å². The van der Waals surface area contributed by atoms with Crippen molar-refractivity contribution in [1.82, 2.24) is 0 Å². The summed E-state index contributed by atoms with van der Waals surface area (Å²) in [5.41, 5.74) is 0. The largest absolute Gasteiger partial charge is 0.0651 e. The lowest BCUT2D eigenvalue weighted by molar-refractivity contribution is 0.163. The maximum absolute atomic E-state index is 2.38. The van der Waals surface area contributed by atoms with E-state index in [0.717, 1.165) is 29.6 Å². The molecule has 0 saturated heterocycles. The van der Waals surface area contributed by atoms with Crippen LogP contribution in [0.2, 0.25) is 0 Å². The van der Waals surface area contributed by atoms with Gasteiger partial charge >= 0.3 is 0 Å². The second-order valence-corrected chi connectivity index (χ2v) is 9.53. The van der Waals surface area contributed by atoms with E-state index in [1.165, 1.54) is 44.4 Å². The fourth-order valence-corrected chi connectivity index (χ4v) is 6.52. The summed E-state index contributed by atoms with van der Waals surface area (Å²) in [4.78, 5) is 0. The van der Waals surface area contributed by atoms with Crippen LogP contribution in [0.3, 0.4) is 0 Å². The van der Waals surface area contributed by atoms with Gasteiger partial charge in [-0.05, 0) is 67.6 Å². The minimum Gasteiger partial charge on any atom is -0.0651 e. The van der Waals surface area contributed by atoms with Gasteiger partial charge in [0.15, 0.2) is 0 Å². The average Bonchev–Trinajstić information content (AvgIpc) is 3.20. The van der Waals surface area contributed by atoms with Crippen molar-refractivity contribution in [3.05, 3.63) is 0 Å². The van der Waals surface area contributed by atoms with Crippen molar-refractivity contribution in [2.45, 2.75) is 110 Å². The molecule has 0 N–H and O–H groups in total. The Hall–Kier alpha value is 0. The van der Waals surface area contributed by atoms with Crippen molar-refractivity contribution in [3.8, 4) is 0 Å². The van der Waals surface area contributed by atoms with E-state index >= 15 is 0 Å². The molecule has 0 amide bonds. The van der Waals surface area contributed by atoms with E-state index in [4.69, 9.17) is 0 Å². The Labute approximate surface area is 146 Å². The molecule has 0 nitrogen and oxygen atoms in total. The molecular formula is C23H42. The standard InChI is InChI=1S/C16H28.C7H14/c1-2-12-6-8-14(9-7-12)16-11-10-13-4-3-5-15(13)16;1-7-5-3-2-4-6-7/h12-16H,2-11H2,1H3;7H,2-6H2,1H3. The van der Waals surface area contributed by atoms with Crippen molar-refractivity contribution in [2.75, 3.05) is 0 Å². The van der Waals surface area contributed by atoms with Crippen LogP contribution in [0.5, 0.6) is 0 Å². The topological polar surface area (TPSA) is 0 Å². The minimum atomic E-state index is 1.04. The number of rotatable bonds is 2. The maximum Gasteiger partial charge on any atom is -0.0355 e. The van der Waals surface area contributed by atoms with Crippen molar-refractivity contribution in [2.24, 2.45) is 35.5 Å². The first-order valence-electron chi connectivity index (χ1n) is 11.3. The van der Waals surface area contributed by atoms with Gasteiger partial charge < -0.3 is 0 Å². The summed E-state index contributed by atoms with van der Waals surface area (Å²) in [7, 11) is 0. The van der Waals surface area contributed by atoms with Gasteiger partial charge in [-0.25, -0.2) is 0 Å². The van der Waals surface area contributed by atoms with Gasteiger partial charge in [0.1, 0.15) is 0 Å². The Morgan fingerprint density at radius 2 is 1.17 bits per heavy atom. The fraction of sp³-hybridized carbons (Fsp3) is 1.00. The first-order chi connectivity index (χ1) is 11.3. The lowest BCUT2D eigenvalue weighted by Crippen LogP contribution is -2.24. The molecule has 0 heteroatoms. The first-order valence-corrected chi connectivity index (χ1v) is 11.3. The lowest BCUT2D eigenvalue weighted by atomic mass is 9.71. The summed E-state index contributed by atoms with van der Waals surface area (Å²) in [5.74, 6) is 6.74. The van der Waals surface area contributed by atoms with Gasteiger partial charge in [-0.15, -0.1) is 0 Å². The third kappa shape index (κ3) is 4.76. The molecule has 3 unspecified atom stereocenters. The molecule has 0 spiro atoms. The molecule has 134 valence electrons. The SMILES string of the molecule is CC1CCCCC1.CCC1CCC(C2CCC3CCCC32)CC1. The third-order valence-corrected chi connectivity index (χ3v) is 8.11. The van der Waals surface area contributed by atoms with Gasteiger partial charge in [0.25, 0.3) is 0 Å². The summed E-state index contributed by atoms with van der Waals surface area (Å²) >= 11 is 0. The Morgan fingerprint density at radius 3 is 1.78 bits per heavy atom. The van der Waals surface area contributed by atoms with Crippen LogP contribution in [-0.2, 0) is 0 Å². The van der Waals surface area contributed by atoms with Crippen LogP contribution in [-0.4, -0.2) is 0 Å². The van der Waals surface area contributed by atoms with Gasteiger partial charge in [0, 0.05) is 0 Å². The van der Waals surface area contributed by atoms with E-state index in [9.17, 15) is 0 Å². The quantitative estimate of drug-likeness (QED) is 0.491. The third-order valence-electron chi connectivity index (χ3n) is 8.11. The average molecular weight is 319 g/mol. The van der Waals surface area contributed by atoms with Crippen LogP contribution in [0, 0.1) is 35.5 Å². The minimum absolute atomic E-state index is 1.04. The Balaban J connectivity index is 0.000000188. The molecule has 0 heterocycles. The maximum atomic E-state index is 2.38. The van der Waals surface area contributed by atoms with Crippen LogP contribution in [0.4, 0.5) is 0 Å². The predicted molar refractivity (Wildman–Crippen MR) is 102 cm³/mol. The fourth-order valence-electron chi connectivity index (χ4n) is 6.52. The molecular weight excluding hydrogens is 276 g/mol. The van der Waals surface area contributed by atoms with E-state index in [-0.39, 0.29) is 0 Å². The summed E-state index contributed by atoms with van der Waals surface area (Å²) in [6.07, 6.45) is 23.0. The van der Waals surface area contributed by atoms with Crippen molar-refractivity contribution in [3.63, 3.8) is 0 Å². The van der Waals surface area contributed by atoms with E-state index in [1.54, 1.807) is 57.8 Å². The zero-order chi connectivity index (χ0) is 16.1. The molecule has 4 fully saturated rings. The molecule has 4 aliphatic carbocycles. The van der Waals surface area contributed by atoms with E-state index in [1.807, 2.05) is 0 Å². The highest BCUT2D eigenvalue weighted by molar-refractivity contribution is 4.93. The second-order valence-electron chi connectivity index (χ2n) is 9.53. The molecule has 0 bridgehead atoms. The molecule has 4 rings (SSSR count). The van der Waals surface area contributed by atoms with Crippen molar-refractivity contribution < 1.29 is 0 Å². The van der Waals surface area contributed by atoms with Crippen molar-refractivity contribution in [1.29, 1.82) is 0 Å². The van der Waals surface area contributed by atoms with Crippen LogP contribution in [0.1, 0.15) is 110 Å². The number of fused-ring (bicyclic) bond motifs is 1. The molecule has 0 aliphatic heterocycles. The van der Waals surface area contributed by atoms with Crippen LogP contribution < -0.4 is 0 Å². The molecule has 0 radical (unpaired) electrons. The number of hydrogen-bond donors (Lipinski definition) is 0.